The second-order valence-corrected chi connectivity index (χ2v) is 5.94. The molecule has 0 spiro atoms. The van der Waals surface area contributed by atoms with Crippen molar-refractivity contribution in [2.45, 2.75) is 44.6 Å². The zero-order chi connectivity index (χ0) is 13.9. The van der Waals surface area contributed by atoms with Gasteiger partial charge in [-0.15, -0.1) is 0 Å². The minimum absolute atomic E-state index is 0.0625. The van der Waals surface area contributed by atoms with E-state index in [-0.39, 0.29) is 12.0 Å². The molecule has 2 saturated heterocycles. The Kier molecular flexibility index (Phi) is 4.05. The third-order valence-corrected chi connectivity index (χ3v) is 4.69. The predicted octanol–water partition coefficient (Wildman–Crippen LogP) is 1.93. The largest absolute Gasteiger partial charge is 0.378 e. The monoisotopic (exact) mass is 277 g/mol. The second-order valence-electron chi connectivity index (χ2n) is 5.94. The Bertz CT molecular complexity index is 438. The number of hydrogen-bond donors (Lipinski definition) is 1. The van der Waals surface area contributed by atoms with Gasteiger partial charge in [-0.05, 0) is 38.7 Å². The molecule has 2 atom stereocenters. The molecule has 1 aromatic heterocycles. The molecule has 2 aliphatic rings. The quantitative estimate of drug-likeness (QED) is 0.898. The van der Waals surface area contributed by atoms with Gasteiger partial charge in [0.05, 0.1) is 12.0 Å². The van der Waals surface area contributed by atoms with Gasteiger partial charge in [0, 0.05) is 37.5 Å². The summed E-state index contributed by atoms with van der Waals surface area (Å²) in [4.78, 5) is 14.6. The van der Waals surface area contributed by atoms with Crippen molar-refractivity contribution in [2.24, 2.45) is 5.92 Å². The van der Waals surface area contributed by atoms with Crippen LogP contribution in [0.3, 0.4) is 0 Å². The first-order valence-electron chi connectivity index (χ1n) is 7.65. The summed E-state index contributed by atoms with van der Waals surface area (Å²) in [6.07, 6.45) is 5.90. The van der Waals surface area contributed by atoms with Gasteiger partial charge in [0.2, 0.25) is 5.91 Å². The number of carbonyl (C=O) groups is 1. The van der Waals surface area contributed by atoms with Gasteiger partial charge in [0.1, 0.15) is 0 Å². The topological polar surface area (TPSA) is 58.2 Å². The molecule has 0 bridgehead atoms. The van der Waals surface area contributed by atoms with Crippen molar-refractivity contribution >= 4 is 5.91 Å². The van der Waals surface area contributed by atoms with Crippen LogP contribution in [0.2, 0.25) is 0 Å². The lowest BCUT2D eigenvalue weighted by Gasteiger charge is -2.36. The number of H-pyrrole nitrogens is 1. The van der Waals surface area contributed by atoms with E-state index in [0.29, 0.717) is 11.8 Å². The van der Waals surface area contributed by atoms with Crippen LogP contribution in [0.25, 0.3) is 0 Å². The number of ether oxygens (including phenoxy) is 1. The SMILES string of the molecule is C[C@@H]1OCCC[C@H]1C(=O)N1CCC(c2ccn[nH]2)CC1. The Morgan fingerprint density at radius 2 is 2.20 bits per heavy atom. The predicted molar refractivity (Wildman–Crippen MR) is 75.3 cm³/mol. The van der Waals surface area contributed by atoms with Gasteiger partial charge in [-0.2, -0.15) is 5.10 Å². The van der Waals surface area contributed by atoms with Gasteiger partial charge < -0.3 is 9.64 Å². The average Bonchev–Trinajstić information content (AvgIpc) is 3.01. The molecular formula is C15H23N3O2. The zero-order valence-electron chi connectivity index (χ0n) is 12.0. The van der Waals surface area contributed by atoms with Crippen molar-refractivity contribution in [1.29, 1.82) is 0 Å². The summed E-state index contributed by atoms with van der Waals surface area (Å²) in [6, 6.07) is 2.04. The molecule has 3 rings (SSSR count). The lowest BCUT2D eigenvalue weighted by molar-refractivity contribution is -0.145. The molecule has 0 unspecified atom stereocenters. The van der Waals surface area contributed by atoms with Crippen LogP contribution in [0.1, 0.15) is 44.2 Å². The van der Waals surface area contributed by atoms with Gasteiger partial charge in [0.15, 0.2) is 0 Å². The van der Waals surface area contributed by atoms with Crippen molar-refractivity contribution in [3.8, 4) is 0 Å². The Morgan fingerprint density at radius 1 is 1.40 bits per heavy atom. The van der Waals surface area contributed by atoms with Crippen LogP contribution in [-0.2, 0) is 9.53 Å². The van der Waals surface area contributed by atoms with E-state index < -0.39 is 0 Å². The fourth-order valence-electron chi connectivity index (χ4n) is 3.39. The molecule has 0 saturated carbocycles. The number of nitrogens with one attached hydrogen (secondary N) is 1. The normalized spacial score (nSPS) is 28.6. The number of nitrogens with zero attached hydrogens (tertiary/aromatic N) is 2. The zero-order valence-corrected chi connectivity index (χ0v) is 12.0. The first-order valence-corrected chi connectivity index (χ1v) is 7.65. The Labute approximate surface area is 119 Å². The van der Waals surface area contributed by atoms with Gasteiger partial charge >= 0.3 is 0 Å². The average molecular weight is 277 g/mol. The number of aromatic nitrogens is 2. The fourth-order valence-corrected chi connectivity index (χ4v) is 3.39. The van der Waals surface area contributed by atoms with Crippen molar-refractivity contribution in [1.82, 2.24) is 15.1 Å². The molecule has 1 amide bonds. The maximum atomic E-state index is 12.6. The van der Waals surface area contributed by atoms with Crippen LogP contribution in [0.5, 0.6) is 0 Å². The molecule has 0 aliphatic carbocycles. The standard InChI is InChI=1S/C15H23N3O2/c1-11-13(3-2-10-20-11)15(19)18-8-5-12(6-9-18)14-4-7-16-17-14/h4,7,11-13H,2-3,5-6,8-10H2,1H3,(H,16,17)/t11-,13+/m0/s1. The number of aromatic amines is 1. The molecular weight excluding hydrogens is 254 g/mol. The number of amides is 1. The number of carbonyl (C=O) groups excluding carboxylic acids is 1. The van der Waals surface area contributed by atoms with E-state index in [0.717, 1.165) is 45.4 Å². The molecule has 1 N–H and O–H groups in total. The Hall–Kier alpha value is -1.36. The highest BCUT2D eigenvalue weighted by Gasteiger charge is 2.33. The van der Waals surface area contributed by atoms with Gasteiger partial charge in [-0.3, -0.25) is 9.89 Å². The summed E-state index contributed by atoms with van der Waals surface area (Å²) < 4.78 is 5.62. The summed E-state index contributed by atoms with van der Waals surface area (Å²) in [7, 11) is 0. The van der Waals surface area contributed by atoms with E-state index in [4.69, 9.17) is 4.74 Å². The Morgan fingerprint density at radius 3 is 2.85 bits per heavy atom. The summed E-state index contributed by atoms with van der Waals surface area (Å²) >= 11 is 0. The van der Waals surface area contributed by atoms with Crippen LogP contribution in [0.4, 0.5) is 0 Å². The minimum Gasteiger partial charge on any atom is -0.378 e. The van der Waals surface area contributed by atoms with E-state index >= 15 is 0 Å². The van der Waals surface area contributed by atoms with Crippen molar-refractivity contribution in [3.63, 3.8) is 0 Å². The molecule has 3 heterocycles. The van der Waals surface area contributed by atoms with E-state index in [2.05, 4.69) is 10.2 Å². The minimum atomic E-state index is 0.0625. The van der Waals surface area contributed by atoms with Gasteiger partial charge in [0.25, 0.3) is 0 Å². The van der Waals surface area contributed by atoms with Gasteiger partial charge in [-0.1, -0.05) is 0 Å². The third-order valence-electron chi connectivity index (χ3n) is 4.69. The summed E-state index contributed by atoms with van der Waals surface area (Å²) in [5.74, 6) is 0.870. The van der Waals surface area contributed by atoms with Crippen molar-refractivity contribution in [2.75, 3.05) is 19.7 Å². The van der Waals surface area contributed by atoms with E-state index in [1.165, 1.54) is 5.69 Å². The molecule has 20 heavy (non-hydrogen) atoms. The van der Waals surface area contributed by atoms with Crippen LogP contribution in [0, 0.1) is 5.92 Å². The molecule has 1 aromatic rings. The Balaban J connectivity index is 1.56. The van der Waals surface area contributed by atoms with Crippen molar-refractivity contribution in [3.05, 3.63) is 18.0 Å². The smallest absolute Gasteiger partial charge is 0.228 e. The summed E-state index contributed by atoms with van der Waals surface area (Å²) in [6.45, 7) is 4.53. The fraction of sp³-hybridized carbons (Fsp3) is 0.733. The van der Waals surface area contributed by atoms with Crippen LogP contribution in [0.15, 0.2) is 12.3 Å². The van der Waals surface area contributed by atoms with Crippen LogP contribution < -0.4 is 0 Å². The molecule has 2 fully saturated rings. The van der Waals surface area contributed by atoms with E-state index in [1.807, 2.05) is 17.9 Å². The molecule has 2 aliphatic heterocycles. The van der Waals surface area contributed by atoms with Crippen molar-refractivity contribution < 1.29 is 9.53 Å². The maximum Gasteiger partial charge on any atom is 0.228 e. The van der Waals surface area contributed by atoms with Gasteiger partial charge in [-0.25, -0.2) is 0 Å². The number of piperidine rings is 1. The first kappa shape index (κ1) is 13.6. The lowest BCUT2D eigenvalue weighted by atomic mass is 9.90. The molecule has 0 aromatic carbocycles. The highest BCUT2D eigenvalue weighted by atomic mass is 16.5. The van der Waals surface area contributed by atoms with Crippen LogP contribution in [-0.4, -0.2) is 46.8 Å². The third kappa shape index (κ3) is 2.73. The molecule has 110 valence electrons. The molecule has 0 radical (unpaired) electrons. The molecule has 5 nitrogen and oxygen atoms in total. The highest BCUT2D eigenvalue weighted by molar-refractivity contribution is 5.79. The molecule has 5 heteroatoms. The van der Waals surface area contributed by atoms with E-state index in [9.17, 15) is 4.79 Å². The highest BCUT2D eigenvalue weighted by Crippen LogP contribution is 2.29. The second kappa shape index (κ2) is 5.95. The summed E-state index contributed by atoms with van der Waals surface area (Å²) in [5.41, 5.74) is 1.20. The van der Waals surface area contributed by atoms with Crippen LogP contribution >= 0.6 is 0 Å². The van der Waals surface area contributed by atoms with E-state index in [1.54, 1.807) is 6.20 Å². The number of hydrogen-bond acceptors (Lipinski definition) is 3. The lowest BCUT2D eigenvalue weighted by Crippen LogP contribution is -2.46. The number of likely N-dealkylation sites (tertiary alicyclic amines) is 1. The summed E-state index contributed by atoms with van der Waals surface area (Å²) in [5, 5.41) is 7.06. The number of rotatable bonds is 2. The maximum absolute atomic E-state index is 12.6. The first-order chi connectivity index (χ1) is 9.75.